The van der Waals surface area contributed by atoms with Gasteiger partial charge in [0.25, 0.3) is 0 Å². The van der Waals surface area contributed by atoms with Crippen LogP contribution in [0.25, 0.3) is 29.1 Å². The van der Waals surface area contributed by atoms with Crippen molar-refractivity contribution in [3.8, 4) is 45.7 Å². The van der Waals surface area contributed by atoms with Crippen molar-refractivity contribution in [3.05, 3.63) is 78.0 Å². The van der Waals surface area contributed by atoms with Gasteiger partial charge >= 0.3 is 0 Å². The van der Waals surface area contributed by atoms with Crippen LogP contribution in [-0.4, -0.2) is 45.3 Å². The van der Waals surface area contributed by atoms with Crippen LogP contribution in [0.15, 0.2) is 66.7 Å². The Labute approximate surface area is 205 Å². The fourth-order valence-corrected chi connectivity index (χ4v) is 3.75. The Balaban J connectivity index is 1.84. The summed E-state index contributed by atoms with van der Waals surface area (Å²) in [6.45, 7) is 0. The number of benzene rings is 3. The largest absolute Gasteiger partial charge is 0.497 e. The van der Waals surface area contributed by atoms with E-state index in [2.05, 4.69) is 0 Å². The van der Waals surface area contributed by atoms with Gasteiger partial charge < -0.3 is 23.7 Å². The predicted octanol–water partition coefficient (Wildman–Crippen LogP) is 5.75. The summed E-state index contributed by atoms with van der Waals surface area (Å²) in [5.41, 5.74) is 4.22. The van der Waals surface area contributed by atoms with E-state index in [0.29, 0.717) is 5.75 Å². The van der Waals surface area contributed by atoms with E-state index < -0.39 is 0 Å². The summed E-state index contributed by atoms with van der Waals surface area (Å²) in [6, 6.07) is 21.1. The van der Waals surface area contributed by atoms with E-state index in [1.165, 1.54) is 0 Å². The molecule has 180 valence electrons. The third kappa shape index (κ3) is 5.09. The molecule has 7 nitrogen and oxygen atoms in total. The minimum absolute atomic E-state index is 0.713. The van der Waals surface area contributed by atoms with Crippen molar-refractivity contribution in [1.82, 2.24) is 9.78 Å². The number of rotatable bonds is 9. The minimum Gasteiger partial charge on any atom is -0.497 e. The Morgan fingerprint density at radius 1 is 0.600 bits per heavy atom. The maximum absolute atomic E-state index is 5.66. The van der Waals surface area contributed by atoms with Crippen LogP contribution in [-0.2, 0) is 0 Å². The molecule has 0 aliphatic rings. The number of hydrogen-bond donors (Lipinski definition) is 0. The van der Waals surface area contributed by atoms with Gasteiger partial charge in [0.05, 0.1) is 52.6 Å². The van der Waals surface area contributed by atoms with Crippen LogP contribution in [0.4, 0.5) is 0 Å². The molecule has 0 saturated carbocycles. The first kappa shape index (κ1) is 23.8. The van der Waals surface area contributed by atoms with Crippen molar-refractivity contribution in [1.29, 1.82) is 0 Å². The zero-order chi connectivity index (χ0) is 24.8. The summed E-state index contributed by atoms with van der Waals surface area (Å²) in [6.07, 6.45) is 3.89. The highest BCUT2D eigenvalue weighted by molar-refractivity contribution is 5.77. The van der Waals surface area contributed by atoms with Crippen molar-refractivity contribution in [2.75, 3.05) is 35.5 Å². The van der Waals surface area contributed by atoms with E-state index in [9.17, 15) is 0 Å². The summed E-state index contributed by atoms with van der Waals surface area (Å²) in [5.74, 6) is 3.70. The summed E-state index contributed by atoms with van der Waals surface area (Å²) >= 11 is 0. The second kappa shape index (κ2) is 10.7. The average molecular weight is 473 g/mol. The van der Waals surface area contributed by atoms with Crippen LogP contribution in [0, 0.1) is 0 Å². The number of methoxy groups -OCH3 is 5. The Hall–Kier alpha value is -4.39. The third-order valence-electron chi connectivity index (χ3n) is 5.60. The van der Waals surface area contributed by atoms with Crippen LogP contribution in [0.2, 0.25) is 0 Å². The summed E-state index contributed by atoms with van der Waals surface area (Å²) in [5, 5.41) is 4.88. The van der Waals surface area contributed by atoms with Crippen molar-refractivity contribution in [3.63, 3.8) is 0 Å². The Bertz CT molecular complexity index is 1330. The van der Waals surface area contributed by atoms with Gasteiger partial charge in [-0.1, -0.05) is 0 Å². The molecule has 0 unspecified atom stereocenters. The molecule has 7 heteroatoms. The zero-order valence-corrected chi connectivity index (χ0v) is 20.4. The molecule has 0 bridgehead atoms. The molecule has 0 aliphatic carbocycles. The summed E-state index contributed by atoms with van der Waals surface area (Å²) < 4.78 is 29.2. The van der Waals surface area contributed by atoms with Crippen molar-refractivity contribution >= 4 is 12.2 Å². The minimum atomic E-state index is 0.713. The highest BCUT2D eigenvalue weighted by atomic mass is 16.5. The van der Waals surface area contributed by atoms with Crippen LogP contribution >= 0.6 is 0 Å². The predicted molar refractivity (Wildman–Crippen MR) is 137 cm³/mol. The number of ether oxygens (including phenoxy) is 5. The first-order valence-electron chi connectivity index (χ1n) is 11.0. The molecule has 0 saturated heterocycles. The highest BCUT2D eigenvalue weighted by Crippen LogP contribution is 2.36. The molecule has 0 aliphatic heterocycles. The molecule has 0 spiro atoms. The second-order valence-corrected chi connectivity index (χ2v) is 7.57. The lowest BCUT2D eigenvalue weighted by Crippen LogP contribution is -2.01. The van der Waals surface area contributed by atoms with E-state index in [1.54, 1.807) is 35.5 Å². The molecule has 0 atom stereocenters. The molecule has 4 aromatic rings. The van der Waals surface area contributed by atoms with Gasteiger partial charge in [-0.05, 0) is 78.9 Å². The third-order valence-corrected chi connectivity index (χ3v) is 5.60. The fourth-order valence-electron chi connectivity index (χ4n) is 3.75. The van der Waals surface area contributed by atoms with E-state index >= 15 is 0 Å². The fraction of sp³-hybridized carbons (Fsp3) is 0.179. The van der Waals surface area contributed by atoms with Crippen LogP contribution in [0.5, 0.6) is 28.7 Å². The first-order valence-corrected chi connectivity index (χ1v) is 11.0. The molecule has 4 rings (SSSR count). The molecule has 1 heterocycles. The number of hydrogen-bond acceptors (Lipinski definition) is 6. The molecule has 0 fully saturated rings. The molecular formula is C28H28N2O5. The molecule has 0 radical (unpaired) electrons. The van der Waals surface area contributed by atoms with Gasteiger partial charge in [-0.3, -0.25) is 0 Å². The highest BCUT2D eigenvalue weighted by Gasteiger charge is 2.16. The SMILES string of the molecule is COc1ccc(-n2nc(C=Cc3cc(OC)ccc3OC)cc2-c2cc(OC)ccc2OC)cc1. The van der Waals surface area contributed by atoms with Crippen molar-refractivity contribution in [2.24, 2.45) is 0 Å². The molecule has 35 heavy (non-hydrogen) atoms. The van der Waals surface area contributed by atoms with Gasteiger partial charge in [0.2, 0.25) is 0 Å². The zero-order valence-electron chi connectivity index (χ0n) is 20.4. The topological polar surface area (TPSA) is 64.0 Å². The second-order valence-electron chi connectivity index (χ2n) is 7.57. The van der Waals surface area contributed by atoms with Gasteiger partial charge in [0.1, 0.15) is 28.7 Å². The summed E-state index contributed by atoms with van der Waals surface area (Å²) in [4.78, 5) is 0. The average Bonchev–Trinajstić information content (AvgIpc) is 3.35. The van der Waals surface area contributed by atoms with Crippen LogP contribution < -0.4 is 23.7 Å². The van der Waals surface area contributed by atoms with Crippen molar-refractivity contribution in [2.45, 2.75) is 0 Å². The molecule has 0 amide bonds. The Morgan fingerprint density at radius 3 is 1.83 bits per heavy atom. The number of aromatic nitrogens is 2. The van der Waals surface area contributed by atoms with Crippen molar-refractivity contribution < 1.29 is 23.7 Å². The lowest BCUT2D eigenvalue weighted by molar-refractivity contribution is 0.402. The maximum atomic E-state index is 5.66. The van der Waals surface area contributed by atoms with Gasteiger partial charge in [-0.15, -0.1) is 0 Å². The quantitative estimate of drug-likeness (QED) is 0.309. The van der Waals surface area contributed by atoms with E-state index in [-0.39, 0.29) is 0 Å². The van der Waals surface area contributed by atoms with E-state index in [1.807, 2.05) is 83.6 Å². The standard InChI is InChI=1S/C28H28N2O5/c1-31-22-10-8-21(9-11-22)30-26(25-18-24(33-3)13-15-28(25)35-5)17-20(29-30)7-6-19-16-23(32-2)12-14-27(19)34-4/h6-18H,1-5H3. The monoisotopic (exact) mass is 472 g/mol. The Kier molecular flexibility index (Phi) is 7.26. The van der Waals surface area contributed by atoms with Gasteiger partial charge in [-0.2, -0.15) is 5.10 Å². The molecule has 1 aromatic heterocycles. The van der Waals surface area contributed by atoms with Gasteiger partial charge in [0.15, 0.2) is 0 Å². The van der Waals surface area contributed by atoms with Crippen LogP contribution in [0.3, 0.4) is 0 Å². The number of nitrogens with zero attached hydrogens (tertiary/aromatic N) is 2. The molecular weight excluding hydrogens is 444 g/mol. The van der Waals surface area contributed by atoms with Crippen LogP contribution in [0.1, 0.15) is 11.3 Å². The molecule has 3 aromatic carbocycles. The lowest BCUT2D eigenvalue weighted by atomic mass is 10.1. The van der Waals surface area contributed by atoms with E-state index in [0.717, 1.165) is 51.2 Å². The first-order chi connectivity index (χ1) is 17.1. The normalized spacial score (nSPS) is 10.9. The smallest absolute Gasteiger partial charge is 0.128 e. The maximum Gasteiger partial charge on any atom is 0.128 e. The van der Waals surface area contributed by atoms with Gasteiger partial charge in [-0.25, -0.2) is 4.68 Å². The van der Waals surface area contributed by atoms with Gasteiger partial charge in [0, 0.05) is 11.1 Å². The molecule has 0 N–H and O–H groups in total. The Morgan fingerprint density at radius 2 is 1.20 bits per heavy atom. The lowest BCUT2D eigenvalue weighted by Gasteiger charge is -2.13. The summed E-state index contributed by atoms with van der Waals surface area (Å²) in [7, 11) is 8.22. The van der Waals surface area contributed by atoms with E-state index in [4.69, 9.17) is 28.8 Å².